The van der Waals surface area contributed by atoms with Crippen LogP contribution in [0.2, 0.25) is 0 Å². The first kappa shape index (κ1) is 13.5. The summed E-state index contributed by atoms with van der Waals surface area (Å²) in [4.78, 5) is 27.6. The lowest BCUT2D eigenvalue weighted by molar-refractivity contribution is -0.139. The minimum absolute atomic E-state index is 0.0543. The monoisotopic (exact) mass is 261 g/mol. The lowest BCUT2D eigenvalue weighted by Gasteiger charge is -2.38. The third-order valence-electron chi connectivity index (χ3n) is 3.33. The second-order valence-corrected chi connectivity index (χ2v) is 4.85. The van der Waals surface area contributed by atoms with Crippen LogP contribution in [0.1, 0.15) is 6.92 Å². The molecule has 1 N–H and O–H groups in total. The van der Waals surface area contributed by atoms with Crippen molar-refractivity contribution in [1.82, 2.24) is 9.80 Å². The predicted octanol–water partition coefficient (Wildman–Crippen LogP) is 0.788. The van der Waals surface area contributed by atoms with Crippen LogP contribution in [0.5, 0.6) is 0 Å². The van der Waals surface area contributed by atoms with Crippen molar-refractivity contribution in [2.75, 3.05) is 32.0 Å². The molecule has 0 aromatic heterocycles. The van der Waals surface area contributed by atoms with Crippen LogP contribution < -0.4 is 5.32 Å². The van der Waals surface area contributed by atoms with E-state index < -0.39 is 6.04 Å². The van der Waals surface area contributed by atoms with E-state index in [2.05, 4.69) is 10.2 Å². The molecule has 1 aromatic rings. The van der Waals surface area contributed by atoms with E-state index in [1.54, 1.807) is 4.90 Å². The minimum Gasteiger partial charge on any atom is -0.328 e. The zero-order valence-electron chi connectivity index (χ0n) is 11.3. The van der Waals surface area contributed by atoms with Crippen molar-refractivity contribution in [3.63, 3.8) is 0 Å². The smallest absolute Gasteiger partial charge is 0.248 e. The van der Waals surface area contributed by atoms with Crippen LogP contribution in [0.3, 0.4) is 0 Å². The predicted molar refractivity (Wildman–Crippen MR) is 73.7 cm³/mol. The molecule has 1 aromatic carbocycles. The van der Waals surface area contributed by atoms with Gasteiger partial charge in [-0.1, -0.05) is 18.2 Å². The number of amides is 2. The van der Waals surface area contributed by atoms with Gasteiger partial charge in [0.25, 0.3) is 0 Å². The molecule has 1 aliphatic heterocycles. The lowest BCUT2D eigenvalue weighted by Crippen LogP contribution is -2.58. The quantitative estimate of drug-likeness (QED) is 0.856. The molecule has 1 heterocycles. The Morgan fingerprint density at radius 2 is 1.89 bits per heavy atom. The first-order valence-corrected chi connectivity index (χ1v) is 6.39. The minimum atomic E-state index is -0.420. The summed E-state index contributed by atoms with van der Waals surface area (Å²) in [7, 11) is 1.96. The van der Waals surface area contributed by atoms with E-state index in [0.29, 0.717) is 13.1 Å². The van der Waals surface area contributed by atoms with E-state index in [9.17, 15) is 9.59 Å². The highest BCUT2D eigenvalue weighted by Gasteiger charge is 2.32. The maximum absolute atomic E-state index is 12.3. The van der Waals surface area contributed by atoms with Gasteiger partial charge in [0.1, 0.15) is 6.04 Å². The van der Waals surface area contributed by atoms with Gasteiger partial charge >= 0.3 is 0 Å². The average molecular weight is 261 g/mol. The molecule has 102 valence electrons. The number of rotatable bonds is 2. The zero-order chi connectivity index (χ0) is 13.8. The first-order chi connectivity index (χ1) is 9.08. The fourth-order valence-corrected chi connectivity index (χ4v) is 2.27. The van der Waals surface area contributed by atoms with Gasteiger partial charge in [-0.05, 0) is 19.2 Å². The number of anilines is 1. The Hall–Kier alpha value is -1.88. The molecule has 1 saturated heterocycles. The Kier molecular flexibility index (Phi) is 4.16. The van der Waals surface area contributed by atoms with Gasteiger partial charge in [-0.15, -0.1) is 0 Å². The normalized spacial score (nSPS) is 20.1. The third kappa shape index (κ3) is 3.32. The Labute approximate surface area is 113 Å². The number of carbonyl (C=O) groups is 2. The Balaban J connectivity index is 2.08. The van der Waals surface area contributed by atoms with Gasteiger partial charge in [0.05, 0.1) is 0 Å². The van der Waals surface area contributed by atoms with E-state index in [0.717, 1.165) is 12.2 Å². The Bertz CT molecular complexity index is 461. The summed E-state index contributed by atoms with van der Waals surface area (Å²) < 4.78 is 0. The van der Waals surface area contributed by atoms with Crippen LogP contribution in [0.15, 0.2) is 30.3 Å². The lowest BCUT2D eigenvalue weighted by atomic mass is 10.1. The number of likely N-dealkylation sites (N-methyl/N-ethyl adjacent to an activating group) is 1. The van der Waals surface area contributed by atoms with Crippen LogP contribution in [-0.2, 0) is 9.59 Å². The van der Waals surface area contributed by atoms with Crippen molar-refractivity contribution in [3.8, 4) is 0 Å². The molecule has 2 rings (SSSR count). The molecular formula is C14H19N3O2. The molecule has 0 unspecified atom stereocenters. The van der Waals surface area contributed by atoms with Crippen LogP contribution in [-0.4, -0.2) is 54.3 Å². The van der Waals surface area contributed by atoms with Gasteiger partial charge in [0.15, 0.2) is 0 Å². The molecule has 0 spiro atoms. The molecule has 5 nitrogen and oxygen atoms in total. The van der Waals surface area contributed by atoms with Gasteiger partial charge in [-0.25, -0.2) is 0 Å². The molecule has 19 heavy (non-hydrogen) atoms. The number of benzene rings is 1. The standard InChI is InChI=1S/C14H19N3O2/c1-11(18)17-9-8-16(2)10-13(17)14(19)15-12-6-4-3-5-7-12/h3-7,13H,8-10H2,1-2H3,(H,15,19)/t13-/m1/s1. The van der Waals surface area contributed by atoms with Crippen molar-refractivity contribution in [3.05, 3.63) is 30.3 Å². The van der Waals surface area contributed by atoms with Crippen molar-refractivity contribution in [1.29, 1.82) is 0 Å². The topological polar surface area (TPSA) is 52.7 Å². The van der Waals surface area contributed by atoms with Crippen LogP contribution in [0.4, 0.5) is 5.69 Å². The van der Waals surface area contributed by atoms with E-state index in [4.69, 9.17) is 0 Å². The van der Waals surface area contributed by atoms with Crippen molar-refractivity contribution in [2.45, 2.75) is 13.0 Å². The molecule has 0 aliphatic carbocycles. The fraction of sp³-hybridized carbons (Fsp3) is 0.429. The van der Waals surface area contributed by atoms with E-state index in [1.807, 2.05) is 37.4 Å². The summed E-state index contributed by atoms with van der Waals surface area (Å²) in [6.45, 7) is 3.47. The molecule has 1 fully saturated rings. The number of carbonyl (C=O) groups excluding carboxylic acids is 2. The Morgan fingerprint density at radius 3 is 2.53 bits per heavy atom. The summed E-state index contributed by atoms with van der Waals surface area (Å²) in [5.74, 6) is -0.186. The van der Waals surface area contributed by atoms with Gasteiger partial charge in [0.2, 0.25) is 11.8 Å². The Morgan fingerprint density at radius 1 is 1.21 bits per heavy atom. The average Bonchev–Trinajstić information content (AvgIpc) is 2.39. The van der Waals surface area contributed by atoms with Gasteiger partial charge in [-0.2, -0.15) is 0 Å². The molecule has 0 radical (unpaired) electrons. The van der Waals surface area contributed by atoms with E-state index in [-0.39, 0.29) is 11.8 Å². The SMILES string of the molecule is CC(=O)N1CCN(C)C[C@@H]1C(=O)Nc1ccccc1. The highest BCUT2D eigenvalue weighted by Crippen LogP contribution is 2.12. The summed E-state index contributed by atoms with van der Waals surface area (Å²) in [5.41, 5.74) is 0.754. The second kappa shape index (κ2) is 5.84. The van der Waals surface area contributed by atoms with Gasteiger partial charge in [-0.3, -0.25) is 9.59 Å². The summed E-state index contributed by atoms with van der Waals surface area (Å²) in [6.07, 6.45) is 0. The van der Waals surface area contributed by atoms with E-state index in [1.165, 1.54) is 6.92 Å². The largest absolute Gasteiger partial charge is 0.328 e. The number of para-hydroxylation sites is 1. The van der Waals surface area contributed by atoms with Crippen LogP contribution >= 0.6 is 0 Å². The maximum Gasteiger partial charge on any atom is 0.248 e. The van der Waals surface area contributed by atoms with Crippen LogP contribution in [0.25, 0.3) is 0 Å². The highest BCUT2D eigenvalue weighted by atomic mass is 16.2. The molecule has 0 bridgehead atoms. The third-order valence-corrected chi connectivity index (χ3v) is 3.33. The molecule has 1 aliphatic rings. The molecule has 0 saturated carbocycles. The molecule has 5 heteroatoms. The van der Waals surface area contributed by atoms with Gasteiger partial charge < -0.3 is 15.1 Å². The molecule has 2 amide bonds. The fourth-order valence-electron chi connectivity index (χ4n) is 2.27. The summed E-state index contributed by atoms with van der Waals surface area (Å²) in [5, 5.41) is 2.86. The number of hydrogen-bond acceptors (Lipinski definition) is 3. The number of piperazine rings is 1. The maximum atomic E-state index is 12.3. The molecular weight excluding hydrogens is 242 g/mol. The van der Waals surface area contributed by atoms with Gasteiger partial charge in [0, 0.05) is 32.2 Å². The number of hydrogen-bond donors (Lipinski definition) is 1. The summed E-state index contributed by atoms with van der Waals surface area (Å²) >= 11 is 0. The van der Waals surface area contributed by atoms with Crippen molar-refractivity contribution >= 4 is 17.5 Å². The van der Waals surface area contributed by atoms with Crippen LogP contribution in [0, 0.1) is 0 Å². The molecule has 1 atom stereocenters. The summed E-state index contributed by atoms with van der Waals surface area (Å²) in [6, 6.07) is 8.88. The van der Waals surface area contributed by atoms with Crippen molar-refractivity contribution < 1.29 is 9.59 Å². The second-order valence-electron chi connectivity index (χ2n) is 4.85. The first-order valence-electron chi connectivity index (χ1n) is 6.39. The van der Waals surface area contributed by atoms with Crippen molar-refractivity contribution in [2.24, 2.45) is 0 Å². The number of nitrogens with one attached hydrogen (secondary N) is 1. The van der Waals surface area contributed by atoms with E-state index >= 15 is 0 Å². The highest BCUT2D eigenvalue weighted by molar-refractivity contribution is 5.97. The zero-order valence-corrected chi connectivity index (χ0v) is 11.3. The number of nitrogens with zero attached hydrogens (tertiary/aromatic N) is 2.